The van der Waals surface area contributed by atoms with E-state index in [9.17, 15) is 4.79 Å². The van der Waals surface area contributed by atoms with Crippen LogP contribution < -0.4 is 5.32 Å². The number of amides is 1. The number of anilines is 1. The Hall–Kier alpha value is -2.62. The average Bonchev–Trinajstić information content (AvgIpc) is 3.22. The summed E-state index contributed by atoms with van der Waals surface area (Å²) in [7, 11) is 0. The molecule has 1 aliphatic rings. The maximum Gasteiger partial charge on any atom is 0.255 e. The standard InChI is InChI=1S/C24H23ClN2O/c25-22-12-10-20(11-13-22)24(28)26-23-5-3-4-21(16-23)19-8-6-18(7-9-19)17-27-14-1-2-15-27/h3-13,16H,1-2,14-15,17H2,(H,26,28). The van der Waals surface area contributed by atoms with E-state index in [4.69, 9.17) is 11.6 Å². The molecule has 0 spiro atoms. The van der Waals surface area contributed by atoms with Gasteiger partial charge in [0.05, 0.1) is 0 Å². The maximum atomic E-state index is 12.4. The van der Waals surface area contributed by atoms with Gasteiger partial charge in [-0.2, -0.15) is 0 Å². The van der Waals surface area contributed by atoms with Gasteiger partial charge < -0.3 is 5.32 Å². The van der Waals surface area contributed by atoms with Crippen LogP contribution in [0.25, 0.3) is 11.1 Å². The summed E-state index contributed by atoms with van der Waals surface area (Å²) in [5.41, 5.74) is 4.94. The number of halogens is 1. The zero-order chi connectivity index (χ0) is 19.3. The number of benzene rings is 3. The van der Waals surface area contributed by atoms with Crippen molar-refractivity contribution in [1.82, 2.24) is 4.90 Å². The summed E-state index contributed by atoms with van der Waals surface area (Å²) in [5, 5.41) is 3.58. The van der Waals surface area contributed by atoms with Crippen LogP contribution in [0.15, 0.2) is 72.8 Å². The highest BCUT2D eigenvalue weighted by Crippen LogP contribution is 2.24. The van der Waals surface area contributed by atoms with Crippen LogP contribution in [0.5, 0.6) is 0 Å². The highest BCUT2D eigenvalue weighted by atomic mass is 35.5. The minimum Gasteiger partial charge on any atom is -0.322 e. The molecule has 3 aromatic rings. The van der Waals surface area contributed by atoms with Gasteiger partial charge in [0.25, 0.3) is 5.91 Å². The molecule has 1 heterocycles. The first-order valence-electron chi connectivity index (χ1n) is 9.66. The molecule has 3 aromatic carbocycles. The summed E-state index contributed by atoms with van der Waals surface area (Å²) in [6.45, 7) is 3.44. The number of carbonyl (C=O) groups excluding carboxylic acids is 1. The lowest BCUT2D eigenvalue weighted by atomic mass is 10.0. The van der Waals surface area contributed by atoms with Crippen LogP contribution in [0, 0.1) is 0 Å². The fourth-order valence-electron chi connectivity index (χ4n) is 3.58. The van der Waals surface area contributed by atoms with Crippen molar-refractivity contribution in [2.45, 2.75) is 19.4 Å². The van der Waals surface area contributed by atoms with Crippen molar-refractivity contribution in [3.05, 3.63) is 88.9 Å². The predicted molar refractivity (Wildman–Crippen MR) is 116 cm³/mol. The van der Waals surface area contributed by atoms with E-state index in [1.54, 1.807) is 24.3 Å². The summed E-state index contributed by atoms with van der Waals surface area (Å²) in [4.78, 5) is 14.9. The molecule has 28 heavy (non-hydrogen) atoms. The van der Waals surface area contributed by atoms with Crippen molar-refractivity contribution in [2.24, 2.45) is 0 Å². The molecule has 0 saturated carbocycles. The fraction of sp³-hybridized carbons (Fsp3) is 0.208. The quantitative estimate of drug-likeness (QED) is 0.592. The van der Waals surface area contributed by atoms with E-state index in [0.717, 1.165) is 23.4 Å². The molecule has 1 amide bonds. The molecule has 4 rings (SSSR count). The second kappa shape index (κ2) is 8.59. The van der Waals surface area contributed by atoms with Crippen molar-refractivity contribution < 1.29 is 4.79 Å². The van der Waals surface area contributed by atoms with Crippen LogP contribution in [0.4, 0.5) is 5.69 Å². The summed E-state index contributed by atoms with van der Waals surface area (Å²) in [6.07, 6.45) is 2.62. The van der Waals surface area contributed by atoms with Gasteiger partial charge in [0.15, 0.2) is 0 Å². The van der Waals surface area contributed by atoms with E-state index >= 15 is 0 Å². The Balaban J connectivity index is 1.45. The van der Waals surface area contributed by atoms with Crippen LogP contribution >= 0.6 is 11.6 Å². The Bertz CT molecular complexity index is 945. The van der Waals surface area contributed by atoms with Gasteiger partial charge in [0.1, 0.15) is 0 Å². The third-order valence-corrected chi connectivity index (χ3v) is 5.37. The molecule has 0 aromatic heterocycles. The highest BCUT2D eigenvalue weighted by molar-refractivity contribution is 6.30. The lowest BCUT2D eigenvalue weighted by Gasteiger charge is -2.15. The molecule has 142 valence electrons. The molecular formula is C24H23ClN2O. The summed E-state index contributed by atoms with van der Waals surface area (Å²) < 4.78 is 0. The van der Waals surface area contributed by atoms with Gasteiger partial charge in [-0.25, -0.2) is 0 Å². The van der Waals surface area contributed by atoms with Crippen molar-refractivity contribution in [2.75, 3.05) is 18.4 Å². The van der Waals surface area contributed by atoms with Crippen molar-refractivity contribution >= 4 is 23.2 Å². The SMILES string of the molecule is O=C(Nc1cccc(-c2ccc(CN3CCCC3)cc2)c1)c1ccc(Cl)cc1. The van der Waals surface area contributed by atoms with Gasteiger partial charge in [-0.15, -0.1) is 0 Å². The first kappa shape index (κ1) is 18.7. The molecule has 0 radical (unpaired) electrons. The Morgan fingerprint density at radius 2 is 1.61 bits per heavy atom. The Morgan fingerprint density at radius 3 is 2.32 bits per heavy atom. The lowest BCUT2D eigenvalue weighted by Crippen LogP contribution is -2.18. The molecule has 1 fully saturated rings. The number of carbonyl (C=O) groups is 1. The van der Waals surface area contributed by atoms with Crippen LogP contribution in [-0.4, -0.2) is 23.9 Å². The fourth-order valence-corrected chi connectivity index (χ4v) is 3.71. The number of hydrogen-bond acceptors (Lipinski definition) is 2. The van der Waals surface area contributed by atoms with Crippen molar-refractivity contribution in [1.29, 1.82) is 0 Å². The molecule has 1 N–H and O–H groups in total. The minimum absolute atomic E-state index is 0.144. The normalized spacial score (nSPS) is 14.2. The molecule has 1 aliphatic heterocycles. The first-order valence-corrected chi connectivity index (χ1v) is 10.0. The van der Waals surface area contributed by atoms with E-state index in [1.165, 1.54) is 31.5 Å². The van der Waals surface area contributed by atoms with E-state index in [0.29, 0.717) is 10.6 Å². The third-order valence-electron chi connectivity index (χ3n) is 5.12. The van der Waals surface area contributed by atoms with Crippen LogP contribution in [0.2, 0.25) is 5.02 Å². The molecular weight excluding hydrogens is 368 g/mol. The molecule has 1 saturated heterocycles. The lowest BCUT2D eigenvalue weighted by molar-refractivity contribution is 0.102. The molecule has 0 atom stereocenters. The smallest absolute Gasteiger partial charge is 0.255 e. The van der Waals surface area contributed by atoms with Gasteiger partial charge in [0, 0.05) is 22.8 Å². The zero-order valence-corrected chi connectivity index (χ0v) is 16.5. The van der Waals surface area contributed by atoms with Gasteiger partial charge in [-0.1, -0.05) is 48.0 Å². The first-order chi connectivity index (χ1) is 13.7. The molecule has 0 bridgehead atoms. The van der Waals surface area contributed by atoms with Crippen LogP contribution in [0.1, 0.15) is 28.8 Å². The third kappa shape index (κ3) is 4.61. The molecule has 0 aliphatic carbocycles. The summed E-state index contributed by atoms with van der Waals surface area (Å²) in [5.74, 6) is -0.144. The number of hydrogen-bond donors (Lipinski definition) is 1. The zero-order valence-electron chi connectivity index (χ0n) is 15.7. The topological polar surface area (TPSA) is 32.3 Å². The predicted octanol–water partition coefficient (Wildman–Crippen LogP) is 5.86. The second-order valence-electron chi connectivity index (χ2n) is 7.22. The van der Waals surface area contributed by atoms with Crippen molar-refractivity contribution in [3.63, 3.8) is 0 Å². The highest BCUT2D eigenvalue weighted by Gasteiger charge is 2.12. The average molecular weight is 391 g/mol. The van der Waals surface area contributed by atoms with Crippen molar-refractivity contribution in [3.8, 4) is 11.1 Å². The summed E-state index contributed by atoms with van der Waals surface area (Å²) in [6, 6.07) is 23.5. The Morgan fingerprint density at radius 1 is 0.893 bits per heavy atom. The van der Waals surface area contributed by atoms with Crippen LogP contribution in [-0.2, 0) is 6.54 Å². The van der Waals surface area contributed by atoms with E-state index < -0.39 is 0 Å². The monoisotopic (exact) mass is 390 g/mol. The number of likely N-dealkylation sites (tertiary alicyclic amines) is 1. The number of nitrogens with one attached hydrogen (secondary N) is 1. The van der Waals surface area contributed by atoms with Gasteiger partial charge in [-0.05, 0) is 79.0 Å². The summed E-state index contributed by atoms with van der Waals surface area (Å²) >= 11 is 5.89. The van der Waals surface area contributed by atoms with E-state index in [-0.39, 0.29) is 5.91 Å². The Kier molecular flexibility index (Phi) is 5.75. The van der Waals surface area contributed by atoms with E-state index in [1.807, 2.05) is 18.2 Å². The Labute approximate surface area is 171 Å². The second-order valence-corrected chi connectivity index (χ2v) is 7.66. The minimum atomic E-state index is -0.144. The van der Waals surface area contributed by atoms with Gasteiger partial charge >= 0.3 is 0 Å². The van der Waals surface area contributed by atoms with Gasteiger partial charge in [0.2, 0.25) is 0 Å². The number of rotatable bonds is 5. The van der Waals surface area contributed by atoms with Crippen LogP contribution in [0.3, 0.4) is 0 Å². The molecule has 0 unspecified atom stereocenters. The molecule has 4 heteroatoms. The van der Waals surface area contributed by atoms with Gasteiger partial charge in [-0.3, -0.25) is 9.69 Å². The largest absolute Gasteiger partial charge is 0.322 e. The van der Waals surface area contributed by atoms with E-state index in [2.05, 4.69) is 40.5 Å². The number of nitrogens with zero attached hydrogens (tertiary/aromatic N) is 1. The maximum absolute atomic E-state index is 12.4. The molecule has 3 nitrogen and oxygen atoms in total.